The van der Waals surface area contributed by atoms with Gasteiger partial charge in [0.05, 0.1) is 6.61 Å². The first-order valence-corrected chi connectivity index (χ1v) is 8.22. The molecular weight excluding hydrogens is 260 g/mol. The van der Waals surface area contributed by atoms with Crippen LogP contribution in [0.3, 0.4) is 0 Å². The molecule has 2 unspecified atom stereocenters. The number of hydrogen-bond acceptors (Lipinski definition) is 3. The summed E-state index contributed by atoms with van der Waals surface area (Å²) in [6.07, 6.45) is 2.36. The number of aryl methyl sites for hydroxylation is 2. The highest BCUT2D eigenvalue weighted by atomic mass is 16.5. The highest BCUT2D eigenvalue weighted by molar-refractivity contribution is 5.35. The Morgan fingerprint density at radius 1 is 1.33 bits per heavy atom. The number of nitrogens with two attached hydrogens (primary N) is 1. The fourth-order valence-electron chi connectivity index (χ4n) is 3.07. The van der Waals surface area contributed by atoms with Crippen molar-refractivity contribution in [3.05, 3.63) is 29.3 Å². The summed E-state index contributed by atoms with van der Waals surface area (Å²) in [5.41, 5.74) is 8.34. The maximum absolute atomic E-state index is 5.93. The van der Waals surface area contributed by atoms with E-state index in [9.17, 15) is 0 Å². The number of piperidine rings is 1. The van der Waals surface area contributed by atoms with Crippen LogP contribution in [0.4, 0.5) is 0 Å². The first-order valence-electron chi connectivity index (χ1n) is 8.22. The molecule has 0 radical (unpaired) electrons. The predicted molar refractivity (Wildman–Crippen MR) is 88.8 cm³/mol. The zero-order valence-electron chi connectivity index (χ0n) is 13.8. The average Bonchev–Trinajstić information content (AvgIpc) is 2.48. The van der Waals surface area contributed by atoms with Crippen LogP contribution in [0.25, 0.3) is 0 Å². The SMILES string of the molecule is Cc1ccc(C)c(OCCCN2CCC(C)C(CN)C2)c1. The number of hydrogen-bond donors (Lipinski definition) is 1. The van der Waals surface area contributed by atoms with Crippen molar-refractivity contribution in [3.63, 3.8) is 0 Å². The molecule has 2 N–H and O–H groups in total. The number of ether oxygens (including phenoxy) is 1. The van der Waals surface area contributed by atoms with E-state index in [-0.39, 0.29) is 0 Å². The van der Waals surface area contributed by atoms with Crippen LogP contribution in [0.15, 0.2) is 18.2 Å². The fourth-order valence-corrected chi connectivity index (χ4v) is 3.07. The molecule has 21 heavy (non-hydrogen) atoms. The van der Waals surface area contributed by atoms with E-state index in [4.69, 9.17) is 10.5 Å². The van der Waals surface area contributed by atoms with E-state index in [2.05, 4.69) is 43.9 Å². The molecule has 3 nitrogen and oxygen atoms in total. The summed E-state index contributed by atoms with van der Waals surface area (Å²) in [7, 11) is 0. The van der Waals surface area contributed by atoms with E-state index in [1.54, 1.807) is 0 Å². The molecule has 1 aliphatic rings. The van der Waals surface area contributed by atoms with Gasteiger partial charge in [-0.3, -0.25) is 0 Å². The van der Waals surface area contributed by atoms with E-state index < -0.39 is 0 Å². The molecule has 0 aromatic heterocycles. The van der Waals surface area contributed by atoms with Gasteiger partial charge >= 0.3 is 0 Å². The molecule has 1 aliphatic heterocycles. The lowest BCUT2D eigenvalue weighted by molar-refractivity contribution is 0.125. The van der Waals surface area contributed by atoms with E-state index >= 15 is 0 Å². The van der Waals surface area contributed by atoms with Gasteiger partial charge in [0.1, 0.15) is 5.75 Å². The molecule has 1 fully saturated rings. The Morgan fingerprint density at radius 2 is 2.14 bits per heavy atom. The van der Waals surface area contributed by atoms with Gasteiger partial charge in [0.25, 0.3) is 0 Å². The Hall–Kier alpha value is -1.06. The van der Waals surface area contributed by atoms with Crippen molar-refractivity contribution < 1.29 is 4.74 Å². The first-order chi connectivity index (χ1) is 10.1. The zero-order chi connectivity index (χ0) is 15.2. The Bertz CT molecular complexity index is 447. The maximum Gasteiger partial charge on any atom is 0.122 e. The fraction of sp³-hybridized carbons (Fsp3) is 0.667. The van der Waals surface area contributed by atoms with Gasteiger partial charge < -0.3 is 15.4 Å². The molecule has 118 valence electrons. The summed E-state index contributed by atoms with van der Waals surface area (Å²) in [6.45, 7) is 11.6. The van der Waals surface area contributed by atoms with Crippen molar-refractivity contribution in [2.75, 3.05) is 32.8 Å². The van der Waals surface area contributed by atoms with Crippen LogP contribution in [0, 0.1) is 25.7 Å². The standard InChI is InChI=1S/C18H30N2O/c1-14-5-6-16(3)18(11-14)21-10-4-8-20-9-7-15(2)17(12-19)13-20/h5-6,11,15,17H,4,7-10,12-13,19H2,1-3H3. The number of nitrogens with zero attached hydrogens (tertiary/aromatic N) is 1. The van der Waals surface area contributed by atoms with E-state index in [1.165, 1.54) is 24.1 Å². The Balaban J connectivity index is 1.71. The third-order valence-electron chi connectivity index (χ3n) is 4.72. The summed E-state index contributed by atoms with van der Waals surface area (Å²) < 4.78 is 5.93. The molecule has 0 aliphatic carbocycles. The van der Waals surface area contributed by atoms with Gasteiger partial charge in [-0.15, -0.1) is 0 Å². The number of likely N-dealkylation sites (tertiary alicyclic amines) is 1. The van der Waals surface area contributed by atoms with Crippen LogP contribution in [-0.2, 0) is 0 Å². The van der Waals surface area contributed by atoms with Gasteiger partial charge in [0.15, 0.2) is 0 Å². The largest absolute Gasteiger partial charge is 0.493 e. The highest BCUT2D eigenvalue weighted by Crippen LogP contribution is 2.22. The summed E-state index contributed by atoms with van der Waals surface area (Å²) in [5, 5.41) is 0. The molecule has 0 bridgehead atoms. The molecule has 0 amide bonds. The molecule has 1 saturated heterocycles. The molecule has 2 atom stereocenters. The second-order valence-electron chi connectivity index (χ2n) is 6.53. The van der Waals surface area contributed by atoms with Crippen molar-refractivity contribution in [1.29, 1.82) is 0 Å². The predicted octanol–water partition coefficient (Wildman–Crippen LogP) is 2.99. The van der Waals surface area contributed by atoms with Crippen molar-refractivity contribution in [3.8, 4) is 5.75 Å². The van der Waals surface area contributed by atoms with Crippen molar-refractivity contribution in [2.45, 2.75) is 33.6 Å². The van der Waals surface area contributed by atoms with Crippen LogP contribution in [-0.4, -0.2) is 37.7 Å². The molecular formula is C18H30N2O. The average molecular weight is 290 g/mol. The summed E-state index contributed by atoms with van der Waals surface area (Å²) >= 11 is 0. The van der Waals surface area contributed by atoms with E-state index in [0.29, 0.717) is 5.92 Å². The lowest BCUT2D eigenvalue weighted by atomic mass is 9.87. The minimum Gasteiger partial charge on any atom is -0.493 e. The van der Waals surface area contributed by atoms with Gasteiger partial charge in [0, 0.05) is 13.1 Å². The lowest BCUT2D eigenvalue weighted by Crippen LogP contribution is -2.43. The van der Waals surface area contributed by atoms with Crippen LogP contribution < -0.4 is 10.5 Å². The van der Waals surface area contributed by atoms with Crippen LogP contribution in [0.5, 0.6) is 5.75 Å². The third-order valence-corrected chi connectivity index (χ3v) is 4.72. The second kappa shape index (κ2) is 7.81. The normalized spacial score (nSPS) is 23.2. The molecule has 0 spiro atoms. The third kappa shape index (κ3) is 4.72. The minimum atomic E-state index is 0.665. The smallest absolute Gasteiger partial charge is 0.122 e. The summed E-state index contributed by atoms with van der Waals surface area (Å²) in [6, 6.07) is 6.38. The van der Waals surface area contributed by atoms with Crippen molar-refractivity contribution in [1.82, 2.24) is 4.90 Å². The topological polar surface area (TPSA) is 38.5 Å². The molecule has 1 heterocycles. The Labute approximate surface area is 129 Å². The molecule has 1 aromatic carbocycles. The number of rotatable bonds is 6. The maximum atomic E-state index is 5.93. The molecule has 1 aromatic rings. The molecule has 2 rings (SSSR count). The van der Waals surface area contributed by atoms with Crippen LogP contribution >= 0.6 is 0 Å². The van der Waals surface area contributed by atoms with Crippen LogP contribution in [0.2, 0.25) is 0 Å². The van der Waals surface area contributed by atoms with Gasteiger partial charge in [-0.2, -0.15) is 0 Å². The minimum absolute atomic E-state index is 0.665. The second-order valence-corrected chi connectivity index (χ2v) is 6.53. The van der Waals surface area contributed by atoms with Gasteiger partial charge in [-0.05, 0) is 68.8 Å². The van der Waals surface area contributed by atoms with E-state index in [1.807, 2.05) is 0 Å². The molecule has 3 heteroatoms. The van der Waals surface area contributed by atoms with Gasteiger partial charge in [-0.25, -0.2) is 0 Å². The Kier molecular flexibility index (Phi) is 6.07. The highest BCUT2D eigenvalue weighted by Gasteiger charge is 2.24. The first kappa shape index (κ1) is 16.3. The Morgan fingerprint density at radius 3 is 2.90 bits per heavy atom. The van der Waals surface area contributed by atoms with E-state index in [0.717, 1.165) is 44.3 Å². The molecule has 0 saturated carbocycles. The van der Waals surface area contributed by atoms with Crippen LogP contribution in [0.1, 0.15) is 30.9 Å². The number of benzene rings is 1. The monoisotopic (exact) mass is 290 g/mol. The van der Waals surface area contributed by atoms with Crippen molar-refractivity contribution >= 4 is 0 Å². The van der Waals surface area contributed by atoms with Gasteiger partial charge in [0.2, 0.25) is 0 Å². The van der Waals surface area contributed by atoms with Crippen molar-refractivity contribution in [2.24, 2.45) is 17.6 Å². The summed E-state index contributed by atoms with van der Waals surface area (Å²) in [4.78, 5) is 2.55. The summed E-state index contributed by atoms with van der Waals surface area (Å²) in [5.74, 6) is 2.47. The zero-order valence-corrected chi connectivity index (χ0v) is 13.8. The lowest BCUT2D eigenvalue weighted by Gasteiger charge is -2.36. The quantitative estimate of drug-likeness (QED) is 0.819. The van der Waals surface area contributed by atoms with Gasteiger partial charge in [-0.1, -0.05) is 19.1 Å².